The van der Waals surface area contributed by atoms with Gasteiger partial charge in [0, 0.05) is 13.1 Å². The van der Waals surface area contributed by atoms with Crippen molar-refractivity contribution in [1.29, 1.82) is 0 Å². The molecule has 0 aromatic carbocycles. The minimum absolute atomic E-state index is 0.173. The van der Waals surface area contributed by atoms with E-state index in [-0.39, 0.29) is 5.28 Å². The van der Waals surface area contributed by atoms with Crippen LogP contribution in [-0.4, -0.2) is 36.3 Å². The van der Waals surface area contributed by atoms with E-state index in [9.17, 15) is 0 Å². The lowest BCUT2D eigenvalue weighted by Gasteiger charge is -2.28. The Hall–Kier alpha value is -0.580. The van der Waals surface area contributed by atoms with Gasteiger partial charge >= 0.3 is 0 Å². The molecule has 0 N–H and O–H groups in total. The smallest absolute Gasteiger partial charge is 0.223 e. The summed E-state index contributed by atoms with van der Waals surface area (Å²) < 4.78 is 5.23. The molecule has 0 saturated carbocycles. The standard InChI is InChI=1S/C8H9Cl2N3O/c9-7-6(5-11-8(10)12-7)13-1-3-14-4-2-13/h5H,1-4H2. The zero-order valence-electron chi connectivity index (χ0n) is 7.41. The molecule has 0 unspecified atom stereocenters. The van der Waals surface area contributed by atoms with Crippen LogP contribution in [0.15, 0.2) is 6.20 Å². The highest BCUT2D eigenvalue weighted by atomic mass is 35.5. The van der Waals surface area contributed by atoms with E-state index in [1.807, 2.05) is 0 Å². The minimum Gasteiger partial charge on any atom is -0.378 e. The molecule has 0 radical (unpaired) electrons. The maximum atomic E-state index is 5.94. The molecule has 0 aliphatic carbocycles. The first-order valence-corrected chi connectivity index (χ1v) is 5.04. The second-order valence-electron chi connectivity index (χ2n) is 2.91. The van der Waals surface area contributed by atoms with Crippen LogP contribution in [0.25, 0.3) is 0 Å². The average Bonchev–Trinajstić information content (AvgIpc) is 2.19. The van der Waals surface area contributed by atoms with Gasteiger partial charge in [0.1, 0.15) is 0 Å². The number of morpholine rings is 1. The number of rotatable bonds is 1. The molecule has 2 heterocycles. The third kappa shape index (κ3) is 2.08. The van der Waals surface area contributed by atoms with E-state index in [4.69, 9.17) is 27.9 Å². The van der Waals surface area contributed by atoms with Gasteiger partial charge in [0.2, 0.25) is 5.28 Å². The molecule has 1 fully saturated rings. The molecule has 0 atom stereocenters. The van der Waals surface area contributed by atoms with E-state index >= 15 is 0 Å². The number of nitrogens with zero attached hydrogens (tertiary/aromatic N) is 3. The molecular weight excluding hydrogens is 225 g/mol. The Morgan fingerprint density at radius 3 is 2.64 bits per heavy atom. The summed E-state index contributed by atoms with van der Waals surface area (Å²) in [5, 5.41) is 0.568. The van der Waals surface area contributed by atoms with Gasteiger partial charge in [0.05, 0.1) is 25.1 Å². The summed E-state index contributed by atoms with van der Waals surface area (Å²) in [6.45, 7) is 3.04. The summed E-state index contributed by atoms with van der Waals surface area (Å²) in [5.41, 5.74) is 0.819. The van der Waals surface area contributed by atoms with Gasteiger partial charge in [-0.2, -0.15) is 0 Å². The number of anilines is 1. The quantitative estimate of drug-likeness (QED) is 0.546. The normalized spacial score (nSPS) is 17.1. The van der Waals surface area contributed by atoms with Crippen LogP contribution in [-0.2, 0) is 4.74 Å². The number of hydrogen-bond donors (Lipinski definition) is 0. The zero-order valence-corrected chi connectivity index (χ0v) is 8.92. The Balaban J connectivity index is 2.22. The molecule has 1 aliphatic heterocycles. The van der Waals surface area contributed by atoms with E-state index in [1.54, 1.807) is 6.20 Å². The van der Waals surface area contributed by atoms with Crippen LogP contribution in [0.5, 0.6) is 0 Å². The first-order valence-electron chi connectivity index (χ1n) is 4.28. The summed E-state index contributed by atoms with van der Waals surface area (Å²) in [5.74, 6) is 0. The van der Waals surface area contributed by atoms with Crippen LogP contribution in [0.4, 0.5) is 5.69 Å². The van der Waals surface area contributed by atoms with E-state index in [0.29, 0.717) is 18.4 Å². The fraction of sp³-hybridized carbons (Fsp3) is 0.500. The lowest BCUT2D eigenvalue weighted by Crippen LogP contribution is -2.36. The van der Waals surface area contributed by atoms with Gasteiger partial charge in [0.25, 0.3) is 0 Å². The number of halogens is 2. The van der Waals surface area contributed by atoms with Crippen LogP contribution >= 0.6 is 23.2 Å². The Morgan fingerprint density at radius 1 is 1.29 bits per heavy atom. The van der Waals surface area contributed by atoms with Crippen molar-refractivity contribution in [2.45, 2.75) is 0 Å². The maximum absolute atomic E-state index is 5.94. The second-order valence-corrected chi connectivity index (χ2v) is 3.61. The summed E-state index contributed by atoms with van der Waals surface area (Å²) in [6, 6.07) is 0. The van der Waals surface area contributed by atoms with Crippen LogP contribution in [0.3, 0.4) is 0 Å². The molecular formula is C8H9Cl2N3O. The van der Waals surface area contributed by atoms with Crippen molar-refractivity contribution in [1.82, 2.24) is 9.97 Å². The lowest BCUT2D eigenvalue weighted by atomic mass is 10.4. The van der Waals surface area contributed by atoms with Gasteiger partial charge in [-0.15, -0.1) is 0 Å². The fourth-order valence-corrected chi connectivity index (χ4v) is 1.78. The van der Waals surface area contributed by atoms with Crippen molar-refractivity contribution < 1.29 is 4.74 Å². The van der Waals surface area contributed by atoms with Crippen LogP contribution in [0, 0.1) is 0 Å². The van der Waals surface area contributed by atoms with Gasteiger partial charge in [-0.1, -0.05) is 11.6 Å². The summed E-state index contributed by atoms with van der Waals surface area (Å²) in [6.07, 6.45) is 1.64. The highest BCUT2D eigenvalue weighted by Crippen LogP contribution is 2.24. The Kier molecular flexibility index (Phi) is 3.05. The molecule has 1 aromatic rings. The zero-order chi connectivity index (χ0) is 9.97. The Bertz CT molecular complexity index is 328. The molecule has 2 rings (SSSR count). The molecule has 14 heavy (non-hydrogen) atoms. The van der Waals surface area contributed by atoms with Crippen molar-refractivity contribution in [2.75, 3.05) is 31.2 Å². The van der Waals surface area contributed by atoms with Gasteiger partial charge in [-0.3, -0.25) is 0 Å². The van der Waals surface area contributed by atoms with Crippen LogP contribution in [0.2, 0.25) is 10.4 Å². The third-order valence-corrected chi connectivity index (χ3v) is 2.51. The maximum Gasteiger partial charge on any atom is 0.223 e. The molecule has 4 nitrogen and oxygen atoms in total. The van der Waals surface area contributed by atoms with Gasteiger partial charge in [-0.25, -0.2) is 9.97 Å². The van der Waals surface area contributed by atoms with E-state index in [1.165, 1.54) is 0 Å². The highest BCUT2D eigenvalue weighted by molar-refractivity contribution is 6.33. The fourth-order valence-electron chi connectivity index (χ4n) is 1.35. The Morgan fingerprint density at radius 2 is 2.00 bits per heavy atom. The highest BCUT2D eigenvalue weighted by Gasteiger charge is 2.15. The summed E-state index contributed by atoms with van der Waals surface area (Å²) in [7, 11) is 0. The first kappa shape index (κ1) is 9.96. The first-order chi connectivity index (χ1) is 6.77. The molecule has 1 aromatic heterocycles. The predicted molar refractivity (Wildman–Crippen MR) is 55.1 cm³/mol. The van der Waals surface area contributed by atoms with Crippen molar-refractivity contribution in [2.24, 2.45) is 0 Å². The van der Waals surface area contributed by atoms with Crippen molar-refractivity contribution in [3.05, 3.63) is 16.6 Å². The predicted octanol–water partition coefficient (Wildman–Crippen LogP) is 1.62. The number of hydrogen-bond acceptors (Lipinski definition) is 4. The van der Waals surface area contributed by atoms with Crippen molar-refractivity contribution in [3.63, 3.8) is 0 Å². The van der Waals surface area contributed by atoms with Crippen molar-refractivity contribution in [3.8, 4) is 0 Å². The topological polar surface area (TPSA) is 38.2 Å². The van der Waals surface area contributed by atoms with Crippen LogP contribution < -0.4 is 4.90 Å². The van der Waals surface area contributed by atoms with E-state index < -0.39 is 0 Å². The Labute approximate surface area is 91.8 Å². The minimum atomic E-state index is 0.173. The molecule has 0 spiro atoms. The SMILES string of the molecule is Clc1ncc(N2CCOCC2)c(Cl)n1. The molecule has 6 heteroatoms. The van der Waals surface area contributed by atoms with E-state index in [2.05, 4.69) is 14.9 Å². The van der Waals surface area contributed by atoms with Gasteiger partial charge in [-0.05, 0) is 11.6 Å². The second kappa shape index (κ2) is 4.29. The summed E-state index contributed by atoms with van der Waals surface area (Å²) in [4.78, 5) is 9.87. The molecule has 0 bridgehead atoms. The van der Waals surface area contributed by atoms with E-state index in [0.717, 1.165) is 18.8 Å². The molecule has 1 aliphatic rings. The number of ether oxygens (including phenoxy) is 1. The van der Waals surface area contributed by atoms with Gasteiger partial charge in [0.15, 0.2) is 5.15 Å². The number of aromatic nitrogens is 2. The monoisotopic (exact) mass is 233 g/mol. The molecule has 1 saturated heterocycles. The van der Waals surface area contributed by atoms with Gasteiger partial charge < -0.3 is 9.64 Å². The molecule has 76 valence electrons. The molecule has 0 amide bonds. The summed E-state index contributed by atoms with van der Waals surface area (Å²) >= 11 is 11.6. The largest absolute Gasteiger partial charge is 0.378 e. The lowest BCUT2D eigenvalue weighted by molar-refractivity contribution is 0.122. The third-order valence-electron chi connectivity index (χ3n) is 2.05. The van der Waals surface area contributed by atoms with Crippen LogP contribution in [0.1, 0.15) is 0 Å². The average molecular weight is 234 g/mol. The van der Waals surface area contributed by atoms with Crippen molar-refractivity contribution >= 4 is 28.9 Å².